The fourth-order valence-electron chi connectivity index (χ4n) is 0.921. The van der Waals surface area contributed by atoms with Crippen LogP contribution in [0.3, 0.4) is 0 Å². The number of methoxy groups -OCH3 is 1. The molecule has 1 N–H and O–H groups in total. The van der Waals surface area contributed by atoms with Crippen LogP contribution in [-0.2, 0) is 6.18 Å². The molecule has 0 bridgehead atoms. The molecule has 0 amide bonds. The first-order valence-corrected chi connectivity index (χ1v) is 3.70. The molecule has 1 aromatic rings. The molecule has 0 fully saturated rings. The molecule has 1 heterocycles. The van der Waals surface area contributed by atoms with E-state index >= 15 is 0 Å². The van der Waals surface area contributed by atoms with Crippen molar-refractivity contribution in [3.8, 4) is 5.75 Å². The van der Waals surface area contributed by atoms with E-state index in [9.17, 15) is 18.0 Å². The normalized spacial score (nSPS) is 11.2. The van der Waals surface area contributed by atoms with Crippen LogP contribution >= 0.6 is 0 Å². The molecule has 0 aromatic carbocycles. The van der Waals surface area contributed by atoms with Crippen LogP contribution in [0.4, 0.5) is 13.2 Å². The maximum atomic E-state index is 12.2. The van der Waals surface area contributed by atoms with Gasteiger partial charge in [0.15, 0.2) is 0 Å². The van der Waals surface area contributed by atoms with Gasteiger partial charge in [0, 0.05) is 12.3 Å². The average Bonchev–Trinajstić information content (AvgIpc) is 2.15. The summed E-state index contributed by atoms with van der Waals surface area (Å²) in [5.41, 5.74) is -1.60. The molecular weight excluding hydrogens is 215 g/mol. The number of rotatable bonds is 2. The number of halogens is 3. The van der Waals surface area contributed by atoms with Gasteiger partial charge in [0.2, 0.25) is 0 Å². The fraction of sp³-hybridized carbons (Fsp3) is 0.250. The third-order valence-corrected chi connectivity index (χ3v) is 1.61. The number of hydrogen-bond donors (Lipinski definition) is 1. The lowest BCUT2D eigenvalue weighted by Crippen LogP contribution is -2.10. The van der Waals surface area contributed by atoms with E-state index in [1.54, 1.807) is 0 Å². The number of carbonyl (C=O) groups is 1. The Kier molecular flexibility index (Phi) is 2.83. The first-order valence-electron chi connectivity index (χ1n) is 3.70. The first kappa shape index (κ1) is 11.3. The van der Waals surface area contributed by atoms with E-state index in [0.717, 1.165) is 7.11 Å². The minimum atomic E-state index is -4.62. The smallest absolute Gasteiger partial charge is 0.433 e. The lowest BCUT2D eigenvalue weighted by Gasteiger charge is -2.09. The van der Waals surface area contributed by atoms with Gasteiger partial charge in [-0.05, 0) is 0 Å². The molecule has 1 rings (SSSR count). The topological polar surface area (TPSA) is 59.4 Å². The standard InChI is InChI=1S/C8H6F3NO3/c1-15-5-2-6(8(9,10)11)12-3-4(5)7(13)14/h2-3H,1H3,(H,13,14). The maximum absolute atomic E-state index is 12.2. The van der Waals surface area contributed by atoms with Gasteiger partial charge in [-0.25, -0.2) is 4.79 Å². The van der Waals surface area contributed by atoms with Crippen molar-refractivity contribution in [1.29, 1.82) is 0 Å². The number of pyridine rings is 1. The van der Waals surface area contributed by atoms with E-state index in [0.29, 0.717) is 12.3 Å². The molecule has 0 radical (unpaired) electrons. The number of carboxylic acid groups (broad SMARTS) is 1. The Balaban J connectivity index is 3.25. The minimum absolute atomic E-state index is 0.371. The summed E-state index contributed by atoms with van der Waals surface area (Å²) in [5.74, 6) is -1.77. The zero-order valence-corrected chi connectivity index (χ0v) is 7.50. The second kappa shape index (κ2) is 3.76. The Morgan fingerprint density at radius 2 is 2.13 bits per heavy atom. The summed E-state index contributed by atoms with van der Waals surface area (Å²) in [6, 6.07) is 0.545. The van der Waals surface area contributed by atoms with Crippen LogP contribution in [0.25, 0.3) is 0 Å². The molecule has 0 aliphatic carbocycles. The number of hydrogen-bond acceptors (Lipinski definition) is 3. The molecule has 0 unspecified atom stereocenters. The van der Waals surface area contributed by atoms with Gasteiger partial charge in [0.25, 0.3) is 0 Å². The molecule has 82 valence electrons. The zero-order chi connectivity index (χ0) is 11.6. The van der Waals surface area contributed by atoms with Gasteiger partial charge in [0.1, 0.15) is 17.0 Å². The third kappa shape index (κ3) is 2.36. The highest BCUT2D eigenvalue weighted by Crippen LogP contribution is 2.30. The van der Waals surface area contributed by atoms with Gasteiger partial charge in [-0.1, -0.05) is 0 Å². The third-order valence-electron chi connectivity index (χ3n) is 1.61. The fourth-order valence-corrected chi connectivity index (χ4v) is 0.921. The van der Waals surface area contributed by atoms with E-state index in [1.807, 2.05) is 0 Å². The van der Waals surface area contributed by atoms with Crippen molar-refractivity contribution in [1.82, 2.24) is 4.98 Å². The molecule has 0 aliphatic rings. The highest BCUT2D eigenvalue weighted by atomic mass is 19.4. The van der Waals surface area contributed by atoms with Crippen LogP contribution in [-0.4, -0.2) is 23.2 Å². The van der Waals surface area contributed by atoms with Crippen LogP contribution in [0.1, 0.15) is 16.1 Å². The number of alkyl halides is 3. The van der Waals surface area contributed by atoms with Crippen molar-refractivity contribution in [2.24, 2.45) is 0 Å². The van der Waals surface area contributed by atoms with Gasteiger partial charge in [-0.15, -0.1) is 0 Å². The number of carboxylic acids is 1. The molecule has 0 aliphatic heterocycles. The number of aromatic carboxylic acids is 1. The van der Waals surface area contributed by atoms with Gasteiger partial charge in [-0.2, -0.15) is 13.2 Å². The molecule has 4 nitrogen and oxygen atoms in total. The number of ether oxygens (including phenoxy) is 1. The molecule has 0 saturated carbocycles. The predicted octanol–water partition coefficient (Wildman–Crippen LogP) is 1.81. The molecule has 15 heavy (non-hydrogen) atoms. The second-order valence-corrected chi connectivity index (χ2v) is 2.57. The highest BCUT2D eigenvalue weighted by Gasteiger charge is 2.33. The molecule has 7 heteroatoms. The number of nitrogens with zero attached hydrogens (tertiary/aromatic N) is 1. The van der Waals surface area contributed by atoms with Crippen molar-refractivity contribution in [3.63, 3.8) is 0 Å². The summed E-state index contributed by atoms with van der Waals surface area (Å²) in [6.45, 7) is 0. The Labute approximate surface area is 82.3 Å². The molecule has 1 aromatic heterocycles. The quantitative estimate of drug-likeness (QED) is 0.827. The van der Waals surface area contributed by atoms with Crippen LogP contribution in [0, 0.1) is 0 Å². The number of aromatic nitrogens is 1. The van der Waals surface area contributed by atoms with Crippen molar-refractivity contribution >= 4 is 5.97 Å². The largest absolute Gasteiger partial charge is 0.496 e. The Morgan fingerprint density at radius 3 is 2.53 bits per heavy atom. The SMILES string of the molecule is COc1cc(C(F)(F)F)ncc1C(=O)O. The van der Waals surface area contributed by atoms with E-state index < -0.39 is 23.4 Å². The Morgan fingerprint density at radius 1 is 1.53 bits per heavy atom. The van der Waals surface area contributed by atoms with Crippen LogP contribution < -0.4 is 4.74 Å². The molecule has 0 saturated heterocycles. The summed E-state index contributed by atoms with van der Waals surface area (Å²) in [7, 11) is 1.09. The second-order valence-electron chi connectivity index (χ2n) is 2.57. The van der Waals surface area contributed by atoms with E-state index in [1.165, 1.54) is 0 Å². The van der Waals surface area contributed by atoms with Crippen LogP contribution in [0.15, 0.2) is 12.3 Å². The van der Waals surface area contributed by atoms with Crippen molar-refractivity contribution in [2.45, 2.75) is 6.18 Å². The van der Waals surface area contributed by atoms with Crippen molar-refractivity contribution in [3.05, 3.63) is 23.5 Å². The lowest BCUT2D eigenvalue weighted by atomic mass is 10.2. The Bertz CT molecular complexity index is 389. The van der Waals surface area contributed by atoms with Gasteiger partial charge in [0.05, 0.1) is 7.11 Å². The van der Waals surface area contributed by atoms with Crippen LogP contribution in [0.2, 0.25) is 0 Å². The van der Waals surface area contributed by atoms with Gasteiger partial charge < -0.3 is 9.84 Å². The summed E-state index contributed by atoms with van der Waals surface area (Å²) >= 11 is 0. The van der Waals surface area contributed by atoms with E-state index in [4.69, 9.17) is 5.11 Å². The van der Waals surface area contributed by atoms with E-state index in [-0.39, 0.29) is 5.75 Å². The first-order chi connectivity index (χ1) is 6.86. The highest BCUT2D eigenvalue weighted by molar-refractivity contribution is 5.90. The predicted molar refractivity (Wildman–Crippen MR) is 42.8 cm³/mol. The van der Waals surface area contributed by atoms with Crippen molar-refractivity contribution in [2.75, 3.05) is 7.11 Å². The zero-order valence-electron chi connectivity index (χ0n) is 7.50. The van der Waals surface area contributed by atoms with Crippen LogP contribution in [0.5, 0.6) is 5.75 Å². The van der Waals surface area contributed by atoms with Gasteiger partial charge >= 0.3 is 12.1 Å². The van der Waals surface area contributed by atoms with Gasteiger partial charge in [-0.3, -0.25) is 4.98 Å². The molecular formula is C8H6F3NO3. The maximum Gasteiger partial charge on any atom is 0.433 e. The molecule has 0 spiro atoms. The summed E-state index contributed by atoms with van der Waals surface area (Å²) in [4.78, 5) is 13.5. The van der Waals surface area contributed by atoms with E-state index in [2.05, 4.69) is 9.72 Å². The average molecular weight is 221 g/mol. The monoisotopic (exact) mass is 221 g/mol. The van der Waals surface area contributed by atoms with Crippen molar-refractivity contribution < 1.29 is 27.8 Å². The minimum Gasteiger partial charge on any atom is -0.496 e. The summed E-state index contributed by atoms with van der Waals surface area (Å²) < 4.78 is 41.0. The Hall–Kier alpha value is -1.79. The summed E-state index contributed by atoms with van der Waals surface area (Å²) in [5, 5.41) is 8.59. The molecule has 0 atom stereocenters. The summed E-state index contributed by atoms with van der Waals surface area (Å²) in [6.07, 6.45) is -4.01. The lowest BCUT2D eigenvalue weighted by molar-refractivity contribution is -0.141.